The van der Waals surface area contributed by atoms with Gasteiger partial charge in [0.05, 0.1) is 0 Å². The summed E-state index contributed by atoms with van der Waals surface area (Å²) >= 11 is 0. The van der Waals surface area contributed by atoms with Gasteiger partial charge < -0.3 is 14.8 Å². The largest absolute Gasteiger partial charge is 0.454 e. The quantitative estimate of drug-likeness (QED) is 0.753. The van der Waals surface area contributed by atoms with E-state index in [-0.39, 0.29) is 18.7 Å². The molecule has 1 atom stereocenters. The number of carbonyl (C=O) groups excluding carboxylic acids is 1. The fourth-order valence-corrected chi connectivity index (χ4v) is 3.08. The van der Waals surface area contributed by atoms with Gasteiger partial charge in [0, 0.05) is 13.1 Å². The van der Waals surface area contributed by atoms with Crippen LogP contribution in [0.1, 0.15) is 29.7 Å². The molecule has 0 fully saturated rings. The molecule has 1 aliphatic rings. The van der Waals surface area contributed by atoms with Crippen LogP contribution in [0.15, 0.2) is 18.2 Å². The topological polar surface area (TPSA) is 81.5 Å². The average molecular weight is 359 g/mol. The van der Waals surface area contributed by atoms with Crippen LogP contribution in [0, 0.1) is 13.8 Å². The minimum Gasteiger partial charge on any atom is -0.454 e. The number of likely N-dealkylation sites (N-methyl/N-ethyl adjacent to an activating group) is 1. The molecule has 140 valence electrons. The van der Waals surface area contributed by atoms with Crippen LogP contribution in [-0.4, -0.2) is 53.0 Å². The van der Waals surface area contributed by atoms with Gasteiger partial charge in [0.1, 0.15) is 17.7 Å². The van der Waals surface area contributed by atoms with E-state index in [1.807, 2.05) is 55.7 Å². The number of nitrogens with zero attached hydrogens (tertiary/aromatic N) is 4. The number of aryl methyl sites for hydroxylation is 3. The minimum atomic E-state index is -0.389. The summed E-state index contributed by atoms with van der Waals surface area (Å²) in [5.41, 5.74) is 0.875. The average Bonchev–Trinajstić information content (AvgIpc) is 3.17. The fraction of sp³-hybridized carbons (Fsp3) is 0.500. The molecule has 26 heavy (non-hydrogen) atoms. The Balaban J connectivity index is 1.58. The van der Waals surface area contributed by atoms with Crippen molar-refractivity contribution in [3.63, 3.8) is 0 Å². The summed E-state index contributed by atoms with van der Waals surface area (Å²) in [6.07, 6.45) is 0.788. The summed E-state index contributed by atoms with van der Waals surface area (Å²) in [7, 11) is 3.77. The van der Waals surface area contributed by atoms with Gasteiger partial charge in [0.2, 0.25) is 12.7 Å². The van der Waals surface area contributed by atoms with Crippen LogP contribution in [0.2, 0.25) is 0 Å². The Bertz CT molecular complexity index is 787. The van der Waals surface area contributed by atoms with Crippen LogP contribution in [0.5, 0.6) is 11.5 Å². The zero-order chi connectivity index (χ0) is 18.7. The van der Waals surface area contributed by atoms with E-state index in [2.05, 4.69) is 15.4 Å². The second-order valence-electron chi connectivity index (χ2n) is 6.55. The van der Waals surface area contributed by atoms with E-state index < -0.39 is 0 Å². The molecule has 2 heterocycles. The number of benzene rings is 1. The number of hydrogen-bond donors (Lipinski definition) is 1. The number of amides is 1. The molecule has 0 bridgehead atoms. The maximum atomic E-state index is 12.7. The van der Waals surface area contributed by atoms with Gasteiger partial charge in [-0.25, -0.2) is 4.98 Å². The molecule has 0 spiro atoms. The van der Waals surface area contributed by atoms with Gasteiger partial charge in [0.25, 0.3) is 0 Å². The summed E-state index contributed by atoms with van der Waals surface area (Å²) in [6, 6.07) is 5.23. The Morgan fingerprint density at radius 3 is 2.77 bits per heavy atom. The minimum absolute atomic E-state index is 0.0413. The molecule has 8 nitrogen and oxygen atoms in total. The molecule has 1 aromatic heterocycles. The normalized spacial score (nSPS) is 13.9. The number of fused-ring (bicyclic) bond motifs is 1. The van der Waals surface area contributed by atoms with Crippen LogP contribution in [0.3, 0.4) is 0 Å². The van der Waals surface area contributed by atoms with E-state index in [1.54, 1.807) is 0 Å². The van der Waals surface area contributed by atoms with E-state index in [4.69, 9.17) is 9.47 Å². The molecule has 0 radical (unpaired) electrons. The van der Waals surface area contributed by atoms with Crippen molar-refractivity contribution in [3.8, 4) is 11.5 Å². The lowest BCUT2D eigenvalue weighted by atomic mass is 10.0. The number of nitrogens with one attached hydrogen (secondary N) is 1. The maximum absolute atomic E-state index is 12.7. The van der Waals surface area contributed by atoms with Gasteiger partial charge in [-0.2, -0.15) is 5.10 Å². The molecular weight excluding hydrogens is 334 g/mol. The standard InChI is InChI=1S/C18H25N5O3/c1-12-20-13(2)23(21-12)9-5-8-19-18(24)17(22(3)4)14-6-7-15-16(10-14)26-11-25-15/h6-7,10,17H,5,8-9,11H2,1-4H3,(H,19,24). The molecule has 1 unspecified atom stereocenters. The van der Waals surface area contributed by atoms with Crippen LogP contribution in [-0.2, 0) is 11.3 Å². The third kappa shape index (κ3) is 3.96. The molecular formula is C18H25N5O3. The molecule has 8 heteroatoms. The Kier molecular flexibility index (Phi) is 5.41. The Morgan fingerprint density at radius 2 is 2.08 bits per heavy atom. The molecule has 0 saturated carbocycles. The van der Waals surface area contributed by atoms with Crippen molar-refractivity contribution in [3.05, 3.63) is 35.4 Å². The lowest BCUT2D eigenvalue weighted by Gasteiger charge is -2.24. The smallest absolute Gasteiger partial charge is 0.241 e. The van der Waals surface area contributed by atoms with Crippen molar-refractivity contribution >= 4 is 5.91 Å². The number of rotatable bonds is 7. The SMILES string of the molecule is Cc1nc(C)n(CCCNC(=O)C(c2ccc3c(c2)OCO3)N(C)C)n1. The van der Waals surface area contributed by atoms with Crippen molar-refractivity contribution in [1.82, 2.24) is 25.0 Å². The van der Waals surface area contributed by atoms with Gasteiger partial charge in [0.15, 0.2) is 11.5 Å². The summed E-state index contributed by atoms with van der Waals surface area (Å²) in [5.74, 6) is 3.01. The fourth-order valence-electron chi connectivity index (χ4n) is 3.08. The summed E-state index contributed by atoms with van der Waals surface area (Å²) in [5, 5.41) is 7.34. The van der Waals surface area contributed by atoms with Crippen molar-refractivity contribution in [2.45, 2.75) is 32.9 Å². The van der Waals surface area contributed by atoms with Crippen LogP contribution in [0.4, 0.5) is 0 Å². The zero-order valence-corrected chi connectivity index (χ0v) is 15.7. The maximum Gasteiger partial charge on any atom is 0.241 e. The highest BCUT2D eigenvalue weighted by atomic mass is 16.7. The number of ether oxygens (including phenoxy) is 2. The highest BCUT2D eigenvalue weighted by molar-refractivity contribution is 5.83. The van der Waals surface area contributed by atoms with Crippen molar-refractivity contribution in [1.29, 1.82) is 0 Å². The predicted molar refractivity (Wildman–Crippen MR) is 96.1 cm³/mol. The number of aromatic nitrogens is 3. The first-order valence-corrected chi connectivity index (χ1v) is 8.67. The third-order valence-electron chi connectivity index (χ3n) is 4.29. The van der Waals surface area contributed by atoms with Gasteiger partial charge in [-0.05, 0) is 52.1 Å². The van der Waals surface area contributed by atoms with Gasteiger partial charge in [-0.15, -0.1) is 0 Å². The molecule has 1 aromatic carbocycles. The summed E-state index contributed by atoms with van der Waals surface area (Å²) < 4.78 is 12.6. The molecule has 1 N–H and O–H groups in total. The van der Waals surface area contributed by atoms with Gasteiger partial charge in [-0.3, -0.25) is 14.4 Å². The molecule has 1 amide bonds. The Labute approximate surface area is 153 Å². The Morgan fingerprint density at radius 1 is 1.31 bits per heavy atom. The van der Waals surface area contributed by atoms with E-state index in [1.165, 1.54) is 0 Å². The highest BCUT2D eigenvalue weighted by Gasteiger charge is 2.25. The van der Waals surface area contributed by atoms with Crippen LogP contribution >= 0.6 is 0 Å². The lowest BCUT2D eigenvalue weighted by Crippen LogP contribution is -2.37. The molecule has 0 aliphatic carbocycles. The van der Waals surface area contributed by atoms with E-state index in [0.717, 1.165) is 30.2 Å². The van der Waals surface area contributed by atoms with E-state index >= 15 is 0 Å². The highest BCUT2D eigenvalue weighted by Crippen LogP contribution is 2.35. The van der Waals surface area contributed by atoms with Gasteiger partial charge >= 0.3 is 0 Å². The van der Waals surface area contributed by atoms with Crippen LogP contribution in [0.25, 0.3) is 0 Å². The van der Waals surface area contributed by atoms with Crippen LogP contribution < -0.4 is 14.8 Å². The lowest BCUT2D eigenvalue weighted by molar-refractivity contribution is -0.125. The van der Waals surface area contributed by atoms with Crippen molar-refractivity contribution in [2.75, 3.05) is 27.4 Å². The second-order valence-corrected chi connectivity index (χ2v) is 6.55. The Hall–Kier alpha value is -2.61. The second kappa shape index (κ2) is 7.74. The monoisotopic (exact) mass is 359 g/mol. The third-order valence-corrected chi connectivity index (χ3v) is 4.29. The van der Waals surface area contributed by atoms with E-state index in [0.29, 0.717) is 18.0 Å². The zero-order valence-electron chi connectivity index (χ0n) is 15.7. The van der Waals surface area contributed by atoms with E-state index in [9.17, 15) is 4.79 Å². The molecule has 3 rings (SSSR count). The van der Waals surface area contributed by atoms with Gasteiger partial charge in [-0.1, -0.05) is 6.07 Å². The number of carbonyl (C=O) groups is 1. The molecule has 2 aromatic rings. The first-order chi connectivity index (χ1) is 12.5. The van der Waals surface area contributed by atoms with Crippen molar-refractivity contribution in [2.24, 2.45) is 0 Å². The number of hydrogen-bond acceptors (Lipinski definition) is 6. The predicted octanol–water partition coefficient (Wildman–Crippen LogP) is 1.43. The van der Waals surface area contributed by atoms with Crippen molar-refractivity contribution < 1.29 is 14.3 Å². The molecule has 0 saturated heterocycles. The summed E-state index contributed by atoms with van der Waals surface area (Å²) in [6.45, 7) is 5.33. The molecule has 1 aliphatic heterocycles. The summed E-state index contributed by atoms with van der Waals surface area (Å²) in [4.78, 5) is 18.9. The first kappa shape index (κ1) is 18.2. The first-order valence-electron chi connectivity index (χ1n) is 8.67.